The van der Waals surface area contributed by atoms with E-state index in [0.717, 1.165) is 26.6 Å². The highest BCUT2D eigenvalue weighted by Crippen LogP contribution is 2.29. The molecule has 0 spiro atoms. The lowest BCUT2D eigenvalue weighted by atomic mass is 10.2. The van der Waals surface area contributed by atoms with E-state index in [9.17, 15) is 13.2 Å². The Kier molecular flexibility index (Phi) is 7.20. The summed E-state index contributed by atoms with van der Waals surface area (Å²) in [4.78, 5) is 13.0. The molecule has 35 heavy (non-hydrogen) atoms. The van der Waals surface area contributed by atoms with E-state index in [1.807, 2.05) is 45.0 Å². The number of anilines is 2. The Bertz CT molecular complexity index is 1470. The van der Waals surface area contributed by atoms with Crippen molar-refractivity contribution in [1.82, 2.24) is 10.2 Å². The average Bonchev–Trinajstić information content (AvgIpc) is 3.28. The summed E-state index contributed by atoms with van der Waals surface area (Å²) in [6, 6.07) is 19.1. The maximum Gasteiger partial charge on any atom is 0.264 e. The van der Waals surface area contributed by atoms with Crippen LogP contribution in [0.1, 0.15) is 16.7 Å². The Labute approximate surface area is 213 Å². The molecule has 1 aromatic heterocycles. The number of carbonyl (C=O) groups is 1. The fraction of sp³-hybridized carbons (Fsp3) is 0.160. The second kappa shape index (κ2) is 10.2. The Balaban J connectivity index is 1.60. The molecule has 0 aliphatic rings. The molecule has 0 aliphatic carbocycles. The van der Waals surface area contributed by atoms with Crippen molar-refractivity contribution in [3.05, 3.63) is 88.4 Å². The predicted molar refractivity (Wildman–Crippen MR) is 141 cm³/mol. The molecule has 0 fully saturated rings. The number of aromatic nitrogens is 2. The third kappa shape index (κ3) is 5.70. The Morgan fingerprint density at radius 1 is 0.943 bits per heavy atom. The molecule has 0 saturated heterocycles. The number of nitrogens with one attached hydrogen (secondary N) is 1. The van der Waals surface area contributed by atoms with Crippen LogP contribution in [0.4, 0.5) is 10.8 Å². The maximum absolute atomic E-state index is 13.5. The molecule has 3 aromatic carbocycles. The van der Waals surface area contributed by atoms with E-state index in [1.165, 1.54) is 29.5 Å². The lowest BCUT2D eigenvalue weighted by molar-refractivity contribution is -0.114. The number of benzene rings is 3. The zero-order valence-corrected chi connectivity index (χ0v) is 21.7. The van der Waals surface area contributed by atoms with E-state index in [4.69, 9.17) is 11.6 Å². The summed E-state index contributed by atoms with van der Waals surface area (Å²) in [6.07, 6.45) is 0. The van der Waals surface area contributed by atoms with Crippen LogP contribution in [0.2, 0.25) is 5.02 Å². The van der Waals surface area contributed by atoms with Crippen LogP contribution in [0, 0.1) is 20.8 Å². The Hall–Kier alpha value is -3.27. The van der Waals surface area contributed by atoms with Crippen LogP contribution in [0.5, 0.6) is 0 Å². The van der Waals surface area contributed by atoms with Gasteiger partial charge in [0, 0.05) is 10.6 Å². The molecular formula is C25H23ClN4O3S2. The van der Waals surface area contributed by atoms with Gasteiger partial charge >= 0.3 is 0 Å². The molecule has 1 N–H and O–H groups in total. The summed E-state index contributed by atoms with van der Waals surface area (Å²) in [5.74, 6) is -0.552. The summed E-state index contributed by atoms with van der Waals surface area (Å²) in [5, 5.41) is 12.2. The number of nitrogens with zero attached hydrogens (tertiary/aromatic N) is 3. The van der Waals surface area contributed by atoms with Gasteiger partial charge in [-0.3, -0.25) is 14.4 Å². The Morgan fingerprint density at radius 2 is 1.57 bits per heavy atom. The summed E-state index contributed by atoms with van der Waals surface area (Å²) in [7, 11) is -4.05. The van der Waals surface area contributed by atoms with E-state index >= 15 is 0 Å². The summed E-state index contributed by atoms with van der Waals surface area (Å²) >= 11 is 7.48. The highest BCUT2D eigenvalue weighted by atomic mass is 35.5. The normalized spacial score (nSPS) is 11.3. The van der Waals surface area contributed by atoms with Crippen LogP contribution in [-0.2, 0) is 14.8 Å². The van der Waals surface area contributed by atoms with Gasteiger partial charge in [0.2, 0.25) is 11.0 Å². The van der Waals surface area contributed by atoms with E-state index < -0.39 is 22.5 Å². The average molecular weight is 527 g/mol. The third-order valence-electron chi connectivity index (χ3n) is 5.31. The molecule has 1 heterocycles. The zero-order chi connectivity index (χ0) is 25.2. The van der Waals surface area contributed by atoms with Gasteiger partial charge in [-0.25, -0.2) is 8.42 Å². The van der Waals surface area contributed by atoms with Crippen molar-refractivity contribution < 1.29 is 13.2 Å². The quantitative estimate of drug-likeness (QED) is 0.337. The fourth-order valence-electron chi connectivity index (χ4n) is 3.27. The monoisotopic (exact) mass is 526 g/mol. The SMILES string of the molecule is Cc1ccc(-c2nnc(NC(=O)CN(c3ccc(C)c(Cl)c3)S(=O)(=O)c3ccc(C)cc3)s2)cc1. The number of carbonyl (C=O) groups excluding carboxylic acids is 1. The summed E-state index contributed by atoms with van der Waals surface area (Å²) in [6.45, 7) is 5.22. The highest BCUT2D eigenvalue weighted by molar-refractivity contribution is 7.92. The standard InChI is InChI=1S/C25H23ClN4O3S2/c1-16-4-9-19(10-5-16)24-28-29-25(34-24)27-23(31)15-30(20-11-8-18(3)22(26)14-20)35(32,33)21-12-6-17(2)7-13-21/h4-14H,15H2,1-3H3,(H,27,29,31). The van der Waals surface area contributed by atoms with Gasteiger partial charge in [-0.1, -0.05) is 76.5 Å². The first kappa shape index (κ1) is 24.8. The van der Waals surface area contributed by atoms with Crippen molar-refractivity contribution in [2.45, 2.75) is 25.7 Å². The molecule has 10 heteroatoms. The van der Waals surface area contributed by atoms with Gasteiger partial charge in [0.1, 0.15) is 11.6 Å². The first-order valence-electron chi connectivity index (χ1n) is 10.7. The fourth-order valence-corrected chi connectivity index (χ4v) is 5.62. The van der Waals surface area contributed by atoms with Crippen molar-refractivity contribution in [2.24, 2.45) is 0 Å². The summed E-state index contributed by atoms with van der Waals surface area (Å²) in [5.41, 5.74) is 4.01. The number of halogens is 1. The molecule has 7 nitrogen and oxygen atoms in total. The van der Waals surface area contributed by atoms with Crippen molar-refractivity contribution in [3.8, 4) is 10.6 Å². The molecular weight excluding hydrogens is 504 g/mol. The highest BCUT2D eigenvalue weighted by Gasteiger charge is 2.28. The van der Waals surface area contributed by atoms with Crippen LogP contribution in [0.15, 0.2) is 71.6 Å². The second-order valence-corrected chi connectivity index (χ2v) is 11.3. The molecule has 0 atom stereocenters. The van der Waals surface area contributed by atoms with Crippen molar-refractivity contribution in [2.75, 3.05) is 16.2 Å². The van der Waals surface area contributed by atoms with Gasteiger partial charge < -0.3 is 0 Å². The van der Waals surface area contributed by atoms with E-state index in [0.29, 0.717) is 10.0 Å². The molecule has 4 aromatic rings. The van der Waals surface area contributed by atoms with Gasteiger partial charge in [-0.2, -0.15) is 0 Å². The Morgan fingerprint density at radius 3 is 2.20 bits per heavy atom. The molecule has 0 unspecified atom stereocenters. The predicted octanol–water partition coefficient (Wildman–Crippen LogP) is 5.62. The summed E-state index contributed by atoms with van der Waals surface area (Å²) < 4.78 is 28.1. The number of rotatable bonds is 7. The molecule has 0 radical (unpaired) electrons. The molecule has 0 saturated carbocycles. The van der Waals surface area contributed by atoms with E-state index in [2.05, 4.69) is 15.5 Å². The number of hydrogen-bond donors (Lipinski definition) is 1. The first-order chi connectivity index (χ1) is 16.6. The molecule has 0 bridgehead atoms. The topological polar surface area (TPSA) is 92.3 Å². The number of hydrogen-bond acceptors (Lipinski definition) is 6. The van der Waals surface area contributed by atoms with Crippen molar-refractivity contribution in [1.29, 1.82) is 0 Å². The van der Waals surface area contributed by atoms with Crippen LogP contribution in [0.3, 0.4) is 0 Å². The largest absolute Gasteiger partial charge is 0.299 e. The van der Waals surface area contributed by atoms with Gasteiger partial charge in [0.25, 0.3) is 10.0 Å². The third-order valence-corrected chi connectivity index (χ3v) is 8.39. The zero-order valence-electron chi connectivity index (χ0n) is 19.3. The van der Waals surface area contributed by atoms with Gasteiger partial charge in [-0.05, 0) is 50.6 Å². The van der Waals surface area contributed by atoms with Gasteiger partial charge in [-0.15, -0.1) is 10.2 Å². The molecule has 4 rings (SSSR count). The maximum atomic E-state index is 13.5. The lowest BCUT2D eigenvalue weighted by Crippen LogP contribution is -2.38. The minimum Gasteiger partial charge on any atom is -0.299 e. The van der Waals surface area contributed by atoms with Crippen LogP contribution in [0.25, 0.3) is 10.6 Å². The van der Waals surface area contributed by atoms with Crippen LogP contribution < -0.4 is 9.62 Å². The lowest BCUT2D eigenvalue weighted by Gasteiger charge is -2.24. The molecule has 180 valence electrons. The van der Waals surface area contributed by atoms with Gasteiger partial charge in [0.05, 0.1) is 10.6 Å². The number of sulfonamides is 1. The number of amides is 1. The van der Waals surface area contributed by atoms with Crippen molar-refractivity contribution in [3.63, 3.8) is 0 Å². The smallest absolute Gasteiger partial charge is 0.264 e. The van der Waals surface area contributed by atoms with Crippen molar-refractivity contribution >= 4 is 49.7 Å². The van der Waals surface area contributed by atoms with E-state index in [1.54, 1.807) is 24.3 Å². The van der Waals surface area contributed by atoms with Crippen LogP contribution >= 0.6 is 22.9 Å². The molecule has 1 amide bonds. The first-order valence-corrected chi connectivity index (χ1v) is 13.3. The minimum absolute atomic E-state index is 0.0742. The minimum atomic E-state index is -4.05. The van der Waals surface area contributed by atoms with Gasteiger partial charge in [0.15, 0.2) is 0 Å². The van der Waals surface area contributed by atoms with Crippen LogP contribution in [-0.4, -0.2) is 31.1 Å². The van der Waals surface area contributed by atoms with E-state index in [-0.39, 0.29) is 15.7 Å². The number of aryl methyl sites for hydroxylation is 3. The second-order valence-electron chi connectivity index (χ2n) is 8.08. The molecule has 0 aliphatic heterocycles.